The number of hydrogen-bond acceptors (Lipinski definition) is 3. The molecule has 124 valence electrons. The Balaban J connectivity index is 4.07. The van der Waals surface area contributed by atoms with Crippen LogP contribution in [0.15, 0.2) is 0 Å². The van der Waals surface area contributed by atoms with Gasteiger partial charge in [0.1, 0.15) is 0 Å². The molecule has 0 aliphatic heterocycles. The number of aliphatic carboxylic acids is 1. The first-order valence-electron chi connectivity index (χ1n) is 7.43. The maximum atomic E-state index is 11.6. The maximum absolute atomic E-state index is 11.6. The van der Waals surface area contributed by atoms with Gasteiger partial charge in [0.05, 0.1) is 0 Å². The van der Waals surface area contributed by atoms with Crippen molar-refractivity contribution in [3.05, 3.63) is 0 Å². The van der Waals surface area contributed by atoms with Crippen LogP contribution in [0.3, 0.4) is 0 Å². The van der Waals surface area contributed by atoms with E-state index in [0.29, 0.717) is 24.8 Å². The summed E-state index contributed by atoms with van der Waals surface area (Å²) in [5.74, 6) is -0.486. The molecule has 0 saturated carbocycles. The zero-order valence-electron chi connectivity index (χ0n) is 13.9. The molecule has 0 aromatic rings. The van der Waals surface area contributed by atoms with Crippen molar-refractivity contribution in [2.75, 3.05) is 19.3 Å². The molecule has 0 fully saturated rings. The number of urea groups is 1. The second-order valence-corrected chi connectivity index (χ2v) is 7.74. The van der Waals surface area contributed by atoms with E-state index in [4.69, 9.17) is 5.11 Å². The molecule has 5 nitrogen and oxygen atoms in total. The Kier molecular flexibility index (Phi) is 9.49. The fourth-order valence-electron chi connectivity index (χ4n) is 2.05. The molecule has 0 aliphatic rings. The first-order valence-corrected chi connectivity index (χ1v) is 8.72. The van der Waals surface area contributed by atoms with Crippen LogP contribution in [0.2, 0.25) is 0 Å². The van der Waals surface area contributed by atoms with Crippen LogP contribution in [0.25, 0.3) is 0 Å². The summed E-state index contributed by atoms with van der Waals surface area (Å²) in [4.78, 5) is 22.3. The van der Waals surface area contributed by atoms with Crippen molar-refractivity contribution in [2.45, 2.75) is 52.2 Å². The van der Waals surface area contributed by atoms with Crippen LogP contribution in [0.4, 0.5) is 4.79 Å². The number of carbonyl (C=O) groups excluding carboxylic acids is 1. The van der Waals surface area contributed by atoms with Crippen molar-refractivity contribution in [3.63, 3.8) is 0 Å². The third kappa shape index (κ3) is 10.5. The molecule has 0 aromatic heterocycles. The minimum absolute atomic E-state index is 0.0426. The quantitative estimate of drug-likeness (QED) is 0.611. The smallest absolute Gasteiger partial charge is 0.314 e. The van der Waals surface area contributed by atoms with E-state index in [1.54, 1.807) is 11.8 Å². The van der Waals surface area contributed by atoms with Crippen LogP contribution in [0.1, 0.15) is 47.0 Å². The second kappa shape index (κ2) is 9.92. The highest BCUT2D eigenvalue weighted by atomic mass is 32.2. The van der Waals surface area contributed by atoms with Gasteiger partial charge in [0, 0.05) is 24.8 Å². The molecule has 0 saturated heterocycles. The number of amides is 2. The van der Waals surface area contributed by atoms with Crippen molar-refractivity contribution in [2.24, 2.45) is 11.3 Å². The van der Waals surface area contributed by atoms with E-state index in [1.165, 1.54) is 0 Å². The Bertz CT molecular complexity index is 329. The van der Waals surface area contributed by atoms with Crippen LogP contribution in [0.5, 0.6) is 0 Å². The molecule has 0 heterocycles. The van der Waals surface area contributed by atoms with Gasteiger partial charge in [-0.1, -0.05) is 27.7 Å². The summed E-state index contributed by atoms with van der Waals surface area (Å²) in [6.07, 6.45) is 3.63. The Morgan fingerprint density at radius 1 is 1.19 bits per heavy atom. The molecule has 2 amide bonds. The average molecular weight is 318 g/mol. The lowest BCUT2D eigenvalue weighted by atomic mass is 9.76. The Hall–Kier alpha value is -0.910. The third-order valence-corrected chi connectivity index (χ3v) is 4.63. The summed E-state index contributed by atoms with van der Waals surface area (Å²) in [6, 6.07) is -0.151. The lowest BCUT2D eigenvalue weighted by molar-refractivity contribution is -0.137. The summed E-state index contributed by atoms with van der Waals surface area (Å²) in [6.45, 7) is 9.61. The molecule has 0 radical (unpaired) electrons. The molecule has 0 aromatic carbocycles. The molecule has 0 rings (SSSR count). The van der Waals surface area contributed by atoms with Gasteiger partial charge in [0.25, 0.3) is 0 Å². The fourth-order valence-corrected chi connectivity index (χ4v) is 2.30. The number of carbonyl (C=O) groups is 2. The van der Waals surface area contributed by atoms with Gasteiger partial charge in [-0.3, -0.25) is 4.79 Å². The SMILES string of the molecule is CSC(C)CNC(=O)NCCC(CCC(=O)O)C(C)(C)C. The minimum Gasteiger partial charge on any atom is -0.481 e. The predicted molar refractivity (Wildman–Crippen MR) is 88.8 cm³/mol. The summed E-state index contributed by atoms with van der Waals surface area (Å²) in [5, 5.41) is 14.9. The third-order valence-electron chi connectivity index (χ3n) is 3.66. The molecule has 0 spiro atoms. The molecular weight excluding hydrogens is 288 g/mol. The zero-order chi connectivity index (χ0) is 16.5. The zero-order valence-corrected chi connectivity index (χ0v) is 14.7. The first-order chi connectivity index (χ1) is 9.66. The summed E-state index contributed by atoms with van der Waals surface area (Å²) in [7, 11) is 0. The van der Waals surface area contributed by atoms with Crippen LogP contribution in [-0.2, 0) is 4.79 Å². The summed E-state index contributed by atoms with van der Waals surface area (Å²) < 4.78 is 0. The Morgan fingerprint density at radius 2 is 1.81 bits per heavy atom. The molecule has 0 aliphatic carbocycles. The van der Waals surface area contributed by atoms with E-state index in [1.807, 2.05) is 6.26 Å². The number of rotatable bonds is 9. The van der Waals surface area contributed by atoms with E-state index in [2.05, 4.69) is 38.3 Å². The highest BCUT2D eigenvalue weighted by molar-refractivity contribution is 7.99. The average Bonchev–Trinajstić information content (AvgIpc) is 2.37. The largest absolute Gasteiger partial charge is 0.481 e. The number of hydrogen-bond donors (Lipinski definition) is 3. The monoisotopic (exact) mass is 318 g/mol. The van der Waals surface area contributed by atoms with Gasteiger partial charge in [0.2, 0.25) is 0 Å². The van der Waals surface area contributed by atoms with Crippen LogP contribution in [0, 0.1) is 11.3 Å². The standard InChI is InChI=1S/C15H30N2O3S/c1-11(21-5)10-17-14(20)16-9-8-12(15(2,3)4)6-7-13(18)19/h11-12H,6-10H2,1-5H3,(H,18,19)(H2,16,17,20). The fraction of sp³-hybridized carbons (Fsp3) is 0.867. The molecule has 21 heavy (non-hydrogen) atoms. The molecule has 0 bridgehead atoms. The lowest BCUT2D eigenvalue weighted by Crippen LogP contribution is -2.39. The van der Waals surface area contributed by atoms with Crippen molar-refractivity contribution in [3.8, 4) is 0 Å². The minimum atomic E-state index is -0.763. The Morgan fingerprint density at radius 3 is 2.29 bits per heavy atom. The van der Waals surface area contributed by atoms with Gasteiger partial charge in [-0.15, -0.1) is 0 Å². The first kappa shape index (κ1) is 20.1. The molecule has 3 N–H and O–H groups in total. The second-order valence-electron chi connectivity index (χ2n) is 6.47. The van der Waals surface area contributed by atoms with E-state index in [-0.39, 0.29) is 23.8 Å². The van der Waals surface area contributed by atoms with Gasteiger partial charge in [-0.2, -0.15) is 11.8 Å². The summed E-state index contributed by atoms with van der Waals surface area (Å²) >= 11 is 1.71. The normalized spacial score (nSPS) is 14.3. The molecule has 2 atom stereocenters. The number of carboxylic acids is 1. The van der Waals surface area contributed by atoms with Crippen molar-refractivity contribution in [1.29, 1.82) is 0 Å². The van der Waals surface area contributed by atoms with Gasteiger partial charge in [-0.25, -0.2) is 4.79 Å². The number of nitrogens with one attached hydrogen (secondary N) is 2. The lowest BCUT2D eigenvalue weighted by Gasteiger charge is -2.30. The van der Waals surface area contributed by atoms with Crippen molar-refractivity contribution in [1.82, 2.24) is 10.6 Å². The Labute approximate surface area is 132 Å². The highest BCUT2D eigenvalue weighted by Crippen LogP contribution is 2.32. The molecule has 2 unspecified atom stereocenters. The predicted octanol–water partition coefficient (Wildman–Crippen LogP) is 2.95. The number of thioether (sulfide) groups is 1. The number of carboxylic acid groups (broad SMARTS) is 1. The van der Waals surface area contributed by atoms with Gasteiger partial charge in [-0.05, 0) is 30.4 Å². The van der Waals surface area contributed by atoms with Crippen molar-refractivity contribution < 1.29 is 14.7 Å². The van der Waals surface area contributed by atoms with E-state index in [0.717, 1.165) is 6.42 Å². The topological polar surface area (TPSA) is 78.4 Å². The highest BCUT2D eigenvalue weighted by Gasteiger charge is 2.24. The van der Waals surface area contributed by atoms with Gasteiger partial charge >= 0.3 is 12.0 Å². The molecular formula is C15H30N2O3S. The van der Waals surface area contributed by atoms with Crippen molar-refractivity contribution >= 4 is 23.8 Å². The van der Waals surface area contributed by atoms with E-state index in [9.17, 15) is 9.59 Å². The van der Waals surface area contributed by atoms with E-state index >= 15 is 0 Å². The van der Waals surface area contributed by atoms with E-state index < -0.39 is 5.97 Å². The van der Waals surface area contributed by atoms with Crippen LogP contribution in [-0.4, -0.2) is 41.7 Å². The molecule has 6 heteroatoms. The van der Waals surface area contributed by atoms with Gasteiger partial charge in [0.15, 0.2) is 0 Å². The van der Waals surface area contributed by atoms with Crippen LogP contribution < -0.4 is 10.6 Å². The van der Waals surface area contributed by atoms with Crippen LogP contribution >= 0.6 is 11.8 Å². The summed E-state index contributed by atoms with van der Waals surface area (Å²) in [5.41, 5.74) is 0.0426. The van der Waals surface area contributed by atoms with Gasteiger partial charge < -0.3 is 15.7 Å². The maximum Gasteiger partial charge on any atom is 0.314 e.